The number of nitrogens with zero attached hydrogens (tertiary/aromatic N) is 1. The predicted octanol–water partition coefficient (Wildman–Crippen LogP) is 2.19. The van der Waals surface area contributed by atoms with E-state index in [4.69, 9.17) is 4.84 Å². The lowest BCUT2D eigenvalue weighted by atomic mass is 10.2. The Morgan fingerprint density at radius 2 is 1.86 bits per heavy atom. The van der Waals surface area contributed by atoms with Crippen molar-refractivity contribution in [3.05, 3.63) is 79.9 Å². The minimum Gasteiger partial charge on any atom is -0.402 e. The van der Waals surface area contributed by atoms with Gasteiger partial charge in [0.05, 0.1) is 5.39 Å². The maximum absolute atomic E-state index is 13.2. The van der Waals surface area contributed by atoms with Crippen LogP contribution in [0, 0.1) is 5.82 Å². The summed E-state index contributed by atoms with van der Waals surface area (Å²) < 4.78 is 14.4. The van der Waals surface area contributed by atoms with Gasteiger partial charge in [-0.1, -0.05) is 46.4 Å². The summed E-state index contributed by atoms with van der Waals surface area (Å²) in [7, 11) is 0. The van der Waals surface area contributed by atoms with E-state index in [0.717, 1.165) is 23.0 Å². The minimum atomic E-state index is -0.649. The van der Waals surface area contributed by atoms with E-state index in [1.807, 2.05) is 30.3 Å². The SMILES string of the molecule is O=c1sc2ccc(F)cc2c(=O)n1OCc1ccccc1. The smallest absolute Gasteiger partial charge is 0.343 e. The third-order valence-electron chi connectivity index (χ3n) is 2.92. The molecule has 1 heterocycles. The highest BCUT2D eigenvalue weighted by molar-refractivity contribution is 7.16. The molecule has 106 valence electrons. The second-order valence-electron chi connectivity index (χ2n) is 4.37. The van der Waals surface area contributed by atoms with Gasteiger partial charge in [0.2, 0.25) is 0 Å². The van der Waals surface area contributed by atoms with Crippen molar-refractivity contribution in [2.24, 2.45) is 0 Å². The molecule has 0 N–H and O–H groups in total. The number of hydrogen-bond donors (Lipinski definition) is 0. The van der Waals surface area contributed by atoms with E-state index >= 15 is 0 Å². The zero-order chi connectivity index (χ0) is 14.8. The highest BCUT2D eigenvalue weighted by atomic mass is 32.1. The van der Waals surface area contributed by atoms with Gasteiger partial charge in [0, 0.05) is 4.70 Å². The lowest BCUT2D eigenvalue weighted by Crippen LogP contribution is -2.36. The van der Waals surface area contributed by atoms with Crippen LogP contribution in [0.25, 0.3) is 10.1 Å². The third-order valence-corrected chi connectivity index (χ3v) is 3.84. The van der Waals surface area contributed by atoms with E-state index in [2.05, 4.69) is 0 Å². The Hall–Kier alpha value is -2.47. The summed E-state index contributed by atoms with van der Waals surface area (Å²) >= 11 is 0.842. The van der Waals surface area contributed by atoms with Crippen molar-refractivity contribution in [2.75, 3.05) is 0 Å². The van der Waals surface area contributed by atoms with Crippen LogP contribution in [0.2, 0.25) is 0 Å². The fourth-order valence-electron chi connectivity index (χ4n) is 1.91. The Morgan fingerprint density at radius 3 is 2.62 bits per heavy atom. The van der Waals surface area contributed by atoms with Gasteiger partial charge < -0.3 is 4.84 Å². The normalized spacial score (nSPS) is 10.7. The zero-order valence-corrected chi connectivity index (χ0v) is 11.6. The van der Waals surface area contributed by atoms with Gasteiger partial charge >= 0.3 is 4.87 Å². The Labute approximate surface area is 122 Å². The molecule has 0 unspecified atom stereocenters. The summed E-state index contributed by atoms with van der Waals surface area (Å²) in [5.74, 6) is -0.528. The van der Waals surface area contributed by atoms with Crippen molar-refractivity contribution in [3.63, 3.8) is 0 Å². The van der Waals surface area contributed by atoms with Gasteiger partial charge in [0.15, 0.2) is 0 Å². The van der Waals surface area contributed by atoms with Crippen LogP contribution in [-0.4, -0.2) is 4.73 Å². The molecule has 0 atom stereocenters. The maximum atomic E-state index is 13.2. The second-order valence-corrected chi connectivity index (χ2v) is 5.36. The number of benzene rings is 2. The lowest BCUT2D eigenvalue weighted by molar-refractivity contribution is 0.0859. The molecule has 0 radical (unpaired) electrons. The summed E-state index contributed by atoms with van der Waals surface area (Å²) in [5.41, 5.74) is 0.178. The van der Waals surface area contributed by atoms with Crippen LogP contribution >= 0.6 is 11.3 Å². The molecule has 3 rings (SSSR count). The minimum absolute atomic E-state index is 0.0868. The van der Waals surface area contributed by atoms with Gasteiger partial charge in [-0.2, -0.15) is 0 Å². The summed E-state index contributed by atoms with van der Waals surface area (Å²) in [6.07, 6.45) is 0. The van der Waals surface area contributed by atoms with Gasteiger partial charge in [-0.15, -0.1) is 0 Å². The van der Waals surface area contributed by atoms with Crippen LogP contribution in [0.3, 0.4) is 0 Å². The zero-order valence-electron chi connectivity index (χ0n) is 10.8. The van der Waals surface area contributed by atoms with Crippen LogP contribution in [0.1, 0.15) is 5.56 Å². The Bertz CT molecular complexity index is 902. The van der Waals surface area contributed by atoms with Crippen molar-refractivity contribution in [3.8, 4) is 0 Å². The standard InChI is InChI=1S/C15H10FNO3S/c16-11-6-7-13-12(8-11)14(18)17(15(19)21-13)20-9-10-4-2-1-3-5-10/h1-8H,9H2. The van der Waals surface area contributed by atoms with E-state index in [1.54, 1.807) is 0 Å². The monoisotopic (exact) mass is 303 g/mol. The molecule has 0 spiro atoms. The number of aromatic nitrogens is 1. The second kappa shape index (κ2) is 5.49. The van der Waals surface area contributed by atoms with E-state index in [-0.39, 0.29) is 12.0 Å². The fourth-order valence-corrected chi connectivity index (χ4v) is 2.71. The largest absolute Gasteiger partial charge is 0.402 e. The quantitative estimate of drug-likeness (QED) is 0.745. The molecule has 21 heavy (non-hydrogen) atoms. The van der Waals surface area contributed by atoms with Gasteiger partial charge in [-0.25, -0.2) is 4.39 Å². The average molecular weight is 303 g/mol. The average Bonchev–Trinajstić information content (AvgIpc) is 2.49. The van der Waals surface area contributed by atoms with Gasteiger partial charge in [0.1, 0.15) is 12.4 Å². The van der Waals surface area contributed by atoms with Crippen LogP contribution in [-0.2, 0) is 6.61 Å². The molecular formula is C15H10FNO3S. The lowest BCUT2D eigenvalue weighted by Gasteiger charge is -2.07. The highest BCUT2D eigenvalue weighted by Gasteiger charge is 2.10. The molecule has 0 aliphatic rings. The van der Waals surface area contributed by atoms with Crippen LogP contribution in [0.15, 0.2) is 58.1 Å². The Morgan fingerprint density at radius 1 is 1.10 bits per heavy atom. The molecule has 0 fully saturated rings. The molecule has 1 aromatic heterocycles. The molecule has 4 nitrogen and oxygen atoms in total. The number of rotatable bonds is 3. The topological polar surface area (TPSA) is 48.3 Å². The van der Waals surface area contributed by atoms with Crippen LogP contribution in [0.5, 0.6) is 0 Å². The van der Waals surface area contributed by atoms with Crippen molar-refractivity contribution in [2.45, 2.75) is 6.61 Å². The van der Waals surface area contributed by atoms with Gasteiger partial charge in [-0.05, 0) is 23.8 Å². The fraction of sp³-hybridized carbons (Fsp3) is 0.0667. The molecule has 3 aromatic rings. The first-order valence-electron chi connectivity index (χ1n) is 6.18. The van der Waals surface area contributed by atoms with Gasteiger partial charge in [0.25, 0.3) is 5.56 Å². The first kappa shape index (κ1) is 13.5. The van der Waals surface area contributed by atoms with E-state index in [9.17, 15) is 14.0 Å². The summed E-state index contributed by atoms with van der Waals surface area (Å²) in [6, 6.07) is 12.9. The molecule has 0 saturated carbocycles. The predicted molar refractivity (Wildman–Crippen MR) is 79.0 cm³/mol. The highest BCUT2D eigenvalue weighted by Crippen LogP contribution is 2.13. The summed E-state index contributed by atoms with van der Waals surface area (Å²) in [5, 5.41) is 0.132. The van der Waals surface area contributed by atoms with Gasteiger partial charge in [-0.3, -0.25) is 9.59 Å². The molecule has 0 aliphatic carbocycles. The molecular weight excluding hydrogens is 293 g/mol. The Balaban J connectivity index is 2.02. The van der Waals surface area contributed by atoms with Crippen LogP contribution < -0.4 is 15.3 Å². The Kier molecular flexibility index (Phi) is 3.53. The molecule has 0 aliphatic heterocycles. The van der Waals surface area contributed by atoms with Crippen molar-refractivity contribution >= 4 is 21.4 Å². The summed E-state index contributed by atoms with van der Waals surface area (Å²) in [6.45, 7) is 0.0868. The third kappa shape index (κ3) is 2.71. The maximum Gasteiger partial charge on any atom is 0.343 e. The van der Waals surface area contributed by atoms with Crippen LogP contribution in [0.4, 0.5) is 4.39 Å². The van der Waals surface area contributed by atoms with E-state index in [1.165, 1.54) is 12.1 Å². The molecule has 2 aromatic carbocycles. The first-order valence-corrected chi connectivity index (χ1v) is 6.99. The van der Waals surface area contributed by atoms with E-state index in [0.29, 0.717) is 9.43 Å². The molecule has 0 saturated heterocycles. The number of fused-ring (bicyclic) bond motifs is 1. The van der Waals surface area contributed by atoms with Crippen molar-refractivity contribution < 1.29 is 9.23 Å². The number of halogens is 1. The molecule has 6 heteroatoms. The molecule has 0 bridgehead atoms. The first-order chi connectivity index (χ1) is 10.1. The van der Waals surface area contributed by atoms with Crippen molar-refractivity contribution in [1.82, 2.24) is 4.73 Å². The summed E-state index contributed by atoms with van der Waals surface area (Å²) in [4.78, 5) is 28.9. The van der Waals surface area contributed by atoms with Crippen molar-refractivity contribution in [1.29, 1.82) is 0 Å². The number of hydrogen-bond acceptors (Lipinski definition) is 4. The molecule has 0 amide bonds. The van der Waals surface area contributed by atoms with E-state index < -0.39 is 16.2 Å².